The van der Waals surface area contributed by atoms with Crippen molar-refractivity contribution in [2.45, 2.75) is 60.5 Å². The highest BCUT2D eigenvalue weighted by molar-refractivity contribution is 7.11. The standard InChI is InChI=1S/C18H33N5O2S/c1-7-19-17(21-11-16-22-13(5)14(6)26-16)20-10-15(9-12(3)4)23-18(24)25-8-2/h12,15H,7-11H2,1-6H3,(H,23,24)(H2,19,20,21). The topological polar surface area (TPSA) is 87.6 Å². The molecule has 0 spiro atoms. The van der Waals surface area contributed by atoms with Crippen molar-refractivity contribution in [2.24, 2.45) is 10.9 Å². The van der Waals surface area contributed by atoms with Gasteiger partial charge in [-0.1, -0.05) is 13.8 Å². The molecule has 3 N–H and O–H groups in total. The zero-order valence-corrected chi connectivity index (χ0v) is 17.6. The molecule has 0 aromatic carbocycles. The number of hydrogen-bond donors (Lipinski definition) is 3. The number of nitrogens with zero attached hydrogens (tertiary/aromatic N) is 2. The third-order valence-corrected chi connectivity index (χ3v) is 4.72. The molecule has 0 radical (unpaired) electrons. The number of amides is 1. The molecule has 0 fully saturated rings. The number of carbonyl (C=O) groups excluding carboxylic acids is 1. The molecule has 26 heavy (non-hydrogen) atoms. The third kappa shape index (κ3) is 8.51. The van der Waals surface area contributed by atoms with Gasteiger partial charge >= 0.3 is 6.09 Å². The van der Waals surface area contributed by atoms with E-state index in [9.17, 15) is 4.79 Å². The largest absolute Gasteiger partial charge is 0.450 e. The molecular formula is C18H33N5O2S. The first-order chi connectivity index (χ1) is 12.3. The summed E-state index contributed by atoms with van der Waals surface area (Å²) in [4.78, 5) is 22.1. The van der Waals surface area contributed by atoms with Crippen LogP contribution in [0.3, 0.4) is 0 Å². The van der Waals surface area contributed by atoms with Crippen LogP contribution in [0.1, 0.15) is 49.7 Å². The predicted molar refractivity (Wildman–Crippen MR) is 108 cm³/mol. The van der Waals surface area contributed by atoms with Gasteiger partial charge in [-0.25, -0.2) is 14.8 Å². The molecule has 1 unspecified atom stereocenters. The molecule has 8 heteroatoms. The van der Waals surface area contributed by atoms with E-state index in [1.807, 2.05) is 13.8 Å². The lowest BCUT2D eigenvalue weighted by molar-refractivity contribution is 0.146. The summed E-state index contributed by atoms with van der Waals surface area (Å²) in [5, 5.41) is 10.5. The van der Waals surface area contributed by atoms with E-state index in [0.29, 0.717) is 25.6 Å². The summed E-state index contributed by atoms with van der Waals surface area (Å²) in [6.07, 6.45) is 0.478. The van der Waals surface area contributed by atoms with Crippen LogP contribution >= 0.6 is 11.3 Å². The summed E-state index contributed by atoms with van der Waals surface area (Å²) >= 11 is 1.67. The van der Waals surface area contributed by atoms with Gasteiger partial charge in [-0.15, -0.1) is 11.3 Å². The van der Waals surface area contributed by atoms with Crippen molar-refractivity contribution in [1.82, 2.24) is 20.9 Å². The van der Waals surface area contributed by atoms with E-state index in [1.54, 1.807) is 18.3 Å². The van der Waals surface area contributed by atoms with Gasteiger partial charge in [-0.3, -0.25) is 0 Å². The van der Waals surface area contributed by atoms with Crippen molar-refractivity contribution in [3.63, 3.8) is 0 Å². The van der Waals surface area contributed by atoms with Crippen molar-refractivity contribution < 1.29 is 9.53 Å². The first-order valence-corrected chi connectivity index (χ1v) is 10.1. The lowest BCUT2D eigenvalue weighted by Gasteiger charge is -2.22. The number of carbonyl (C=O) groups is 1. The van der Waals surface area contributed by atoms with Gasteiger partial charge in [0.1, 0.15) is 5.01 Å². The van der Waals surface area contributed by atoms with Crippen LogP contribution in [0.5, 0.6) is 0 Å². The van der Waals surface area contributed by atoms with Crippen molar-refractivity contribution in [3.05, 3.63) is 15.6 Å². The monoisotopic (exact) mass is 383 g/mol. The molecule has 1 heterocycles. The summed E-state index contributed by atoms with van der Waals surface area (Å²) in [5.74, 6) is 1.18. The fraction of sp³-hybridized carbons (Fsp3) is 0.722. The van der Waals surface area contributed by atoms with Crippen LogP contribution in [0.25, 0.3) is 0 Å². The average Bonchev–Trinajstić information content (AvgIpc) is 2.88. The van der Waals surface area contributed by atoms with E-state index >= 15 is 0 Å². The third-order valence-electron chi connectivity index (χ3n) is 3.66. The number of hydrogen-bond acceptors (Lipinski definition) is 5. The summed E-state index contributed by atoms with van der Waals surface area (Å²) in [5.41, 5.74) is 1.06. The summed E-state index contributed by atoms with van der Waals surface area (Å²) < 4.78 is 5.00. The molecule has 0 aliphatic rings. The molecule has 0 saturated heterocycles. The quantitative estimate of drug-likeness (QED) is 0.451. The van der Waals surface area contributed by atoms with Crippen LogP contribution in [-0.2, 0) is 11.3 Å². The van der Waals surface area contributed by atoms with E-state index in [4.69, 9.17) is 4.74 Å². The molecule has 0 aliphatic carbocycles. The highest BCUT2D eigenvalue weighted by atomic mass is 32.1. The number of ether oxygens (including phenoxy) is 1. The molecule has 1 aromatic rings. The minimum absolute atomic E-state index is 0.0257. The van der Waals surface area contributed by atoms with Crippen molar-refractivity contribution in [3.8, 4) is 0 Å². The Morgan fingerprint density at radius 3 is 2.54 bits per heavy atom. The zero-order valence-electron chi connectivity index (χ0n) is 16.8. The summed E-state index contributed by atoms with van der Waals surface area (Å²) in [6.45, 7) is 14.4. The lowest BCUT2D eigenvalue weighted by atomic mass is 10.0. The van der Waals surface area contributed by atoms with Gasteiger partial charge in [0, 0.05) is 24.0 Å². The van der Waals surface area contributed by atoms with Crippen molar-refractivity contribution in [1.29, 1.82) is 0 Å². The molecular weight excluding hydrogens is 350 g/mol. The maximum atomic E-state index is 11.7. The molecule has 7 nitrogen and oxygen atoms in total. The zero-order chi connectivity index (χ0) is 19.5. The van der Waals surface area contributed by atoms with Gasteiger partial charge in [0.05, 0.1) is 18.8 Å². The number of rotatable bonds is 9. The molecule has 148 valence electrons. The van der Waals surface area contributed by atoms with Crippen LogP contribution in [0, 0.1) is 19.8 Å². The molecule has 0 saturated carbocycles. The fourth-order valence-corrected chi connectivity index (χ4v) is 3.28. The minimum atomic E-state index is -0.379. The van der Waals surface area contributed by atoms with Crippen LogP contribution < -0.4 is 16.0 Å². The highest BCUT2D eigenvalue weighted by Gasteiger charge is 2.15. The van der Waals surface area contributed by atoms with E-state index in [2.05, 4.69) is 46.7 Å². The van der Waals surface area contributed by atoms with Gasteiger partial charge in [0.25, 0.3) is 0 Å². The highest BCUT2D eigenvalue weighted by Crippen LogP contribution is 2.16. The smallest absolute Gasteiger partial charge is 0.407 e. The number of nitrogens with one attached hydrogen (secondary N) is 3. The number of aliphatic imine (C=N–C) groups is 1. The summed E-state index contributed by atoms with van der Waals surface area (Å²) in [6, 6.07) is -0.0257. The van der Waals surface area contributed by atoms with Crippen molar-refractivity contribution >= 4 is 23.4 Å². The maximum Gasteiger partial charge on any atom is 0.407 e. The molecule has 1 aromatic heterocycles. The van der Waals surface area contributed by atoms with Gasteiger partial charge in [0.15, 0.2) is 5.96 Å². The van der Waals surface area contributed by atoms with E-state index in [1.165, 1.54) is 4.88 Å². The maximum absolute atomic E-state index is 11.7. The second-order valence-corrected chi connectivity index (χ2v) is 7.80. The Labute approximate surface area is 161 Å². The van der Waals surface area contributed by atoms with Gasteiger partial charge in [-0.05, 0) is 40.0 Å². The van der Waals surface area contributed by atoms with Crippen LogP contribution in [0.4, 0.5) is 4.79 Å². The second-order valence-electron chi connectivity index (χ2n) is 6.52. The Kier molecular flexibility index (Phi) is 10.0. The Hall–Kier alpha value is -1.83. The molecule has 1 rings (SSSR count). The Balaban J connectivity index is 2.66. The number of guanidine groups is 1. The second kappa shape index (κ2) is 11.7. The molecule has 0 aliphatic heterocycles. The Bertz CT molecular complexity index is 567. The summed E-state index contributed by atoms with van der Waals surface area (Å²) in [7, 11) is 0. The Morgan fingerprint density at radius 1 is 1.27 bits per heavy atom. The molecule has 1 atom stereocenters. The first kappa shape index (κ1) is 22.2. The average molecular weight is 384 g/mol. The Morgan fingerprint density at radius 2 is 2.00 bits per heavy atom. The van der Waals surface area contributed by atoms with E-state index < -0.39 is 0 Å². The first-order valence-electron chi connectivity index (χ1n) is 9.24. The van der Waals surface area contributed by atoms with E-state index in [-0.39, 0.29) is 12.1 Å². The SMILES string of the molecule is CCNC(=NCc1nc(C)c(C)s1)NCC(CC(C)C)NC(=O)OCC. The van der Waals surface area contributed by atoms with Gasteiger partial charge in [0.2, 0.25) is 0 Å². The minimum Gasteiger partial charge on any atom is -0.450 e. The van der Waals surface area contributed by atoms with E-state index in [0.717, 1.165) is 29.6 Å². The molecule has 1 amide bonds. The molecule has 0 bridgehead atoms. The lowest BCUT2D eigenvalue weighted by Crippen LogP contribution is -2.47. The van der Waals surface area contributed by atoms with Crippen molar-refractivity contribution in [2.75, 3.05) is 19.7 Å². The van der Waals surface area contributed by atoms with Crippen LogP contribution in [0.15, 0.2) is 4.99 Å². The number of alkyl carbamates (subject to hydrolysis) is 1. The predicted octanol–water partition coefficient (Wildman–Crippen LogP) is 2.98. The van der Waals surface area contributed by atoms with Crippen LogP contribution in [0.2, 0.25) is 0 Å². The number of aryl methyl sites for hydroxylation is 2. The number of aromatic nitrogens is 1. The van der Waals surface area contributed by atoms with Gasteiger partial charge in [-0.2, -0.15) is 0 Å². The normalized spacial score (nSPS) is 12.8. The fourth-order valence-electron chi connectivity index (χ4n) is 2.42. The van der Waals surface area contributed by atoms with Crippen LogP contribution in [-0.4, -0.2) is 42.8 Å². The van der Waals surface area contributed by atoms with Gasteiger partial charge < -0.3 is 20.7 Å². The number of thiazole rings is 1.